The van der Waals surface area contributed by atoms with Gasteiger partial charge in [0.1, 0.15) is 11.6 Å². The minimum absolute atomic E-state index is 0.118. The second kappa shape index (κ2) is 3.16. The Hall–Kier alpha value is -0.660. The second-order valence-electron chi connectivity index (χ2n) is 3.38. The molecule has 0 aromatic rings. The lowest BCUT2D eigenvalue weighted by molar-refractivity contribution is -0.134. The number of rotatable bonds is 1. The van der Waals surface area contributed by atoms with Crippen molar-refractivity contribution in [1.82, 2.24) is 0 Å². The molecule has 1 fully saturated rings. The maximum Gasteiger partial charge on any atom is 0.143 e. The van der Waals surface area contributed by atoms with E-state index in [-0.39, 0.29) is 29.8 Å². The monoisotopic (exact) mass is 154 g/mol. The summed E-state index contributed by atoms with van der Waals surface area (Å²) >= 11 is 0. The van der Waals surface area contributed by atoms with Gasteiger partial charge in [-0.25, -0.2) is 0 Å². The second-order valence-corrected chi connectivity index (χ2v) is 3.38. The number of ketones is 2. The van der Waals surface area contributed by atoms with Crippen LogP contribution in [-0.2, 0) is 9.59 Å². The van der Waals surface area contributed by atoms with E-state index in [2.05, 4.69) is 0 Å². The molecule has 2 nitrogen and oxygen atoms in total. The van der Waals surface area contributed by atoms with Gasteiger partial charge in [-0.05, 0) is 12.3 Å². The van der Waals surface area contributed by atoms with Crippen molar-refractivity contribution in [3.8, 4) is 0 Å². The van der Waals surface area contributed by atoms with Crippen LogP contribution in [0.3, 0.4) is 0 Å². The summed E-state index contributed by atoms with van der Waals surface area (Å²) in [4.78, 5) is 22.1. The average Bonchev–Trinajstić information content (AvgIpc) is 1.85. The summed E-state index contributed by atoms with van der Waals surface area (Å²) < 4.78 is 0. The third kappa shape index (κ3) is 1.67. The molecule has 0 aromatic carbocycles. The molecule has 1 rings (SSSR count). The van der Waals surface area contributed by atoms with Crippen LogP contribution in [-0.4, -0.2) is 11.6 Å². The maximum atomic E-state index is 11.2. The lowest BCUT2D eigenvalue weighted by Gasteiger charge is -2.25. The van der Waals surface area contributed by atoms with Crippen LogP contribution in [0.1, 0.15) is 33.1 Å². The van der Waals surface area contributed by atoms with Gasteiger partial charge in [-0.1, -0.05) is 13.8 Å². The zero-order valence-corrected chi connectivity index (χ0v) is 7.09. The fourth-order valence-electron chi connectivity index (χ4n) is 1.85. The first-order chi connectivity index (χ1) is 5.15. The molecule has 0 aromatic heterocycles. The zero-order valence-electron chi connectivity index (χ0n) is 7.09. The van der Waals surface area contributed by atoms with Crippen molar-refractivity contribution in [1.29, 1.82) is 0 Å². The zero-order chi connectivity index (χ0) is 8.43. The molecule has 0 saturated heterocycles. The van der Waals surface area contributed by atoms with E-state index in [0.29, 0.717) is 6.42 Å². The van der Waals surface area contributed by atoms with Crippen LogP contribution in [0, 0.1) is 11.8 Å². The van der Waals surface area contributed by atoms with Crippen molar-refractivity contribution >= 4 is 11.6 Å². The summed E-state index contributed by atoms with van der Waals surface area (Å²) in [7, 11) is 0. The van der Waals surface area contributed by atoms with Crippen molar-refractivity contribution in [3.63, 3.8) is 0 Å². The molecule has 0 radical (unpaired) electrons. The molecule has 0 N–H and O–H groups in total. The van der Waals surface area contributed by atoms with E-state index in [1.165, 1.54) is 0 Å². The van der Waals surface area contributed by atoms with Gasteiger partial charge in [0, 0.05) is 12.3 Å². The van der Waals surface area contributed by atoms with Crippen molar-refractivity contribution in [2.24, 2.45) is 11.8 Å². The quantitative estimate of drug-likeness (QED) is 0.537. The fraction of sp³-hybridized carbons (Fsp3) is 0.778. The third-order valence-electron chi connectivity index (χ3n) is 2.46. The lowest BCUT2D eigenvalue weighted by Crippen LogP contribution is -2.31. The first-order valence-electron chi connectivity index (χ1n) is 4.19. The Morgan fingerprint density at radius 3 is 2.55 bits per heavy atom. The van der Waals surface area contributed by atoms with Crippen molar-refractivity contribution in [2.45, 2.75) is 33.1 Å². The highest BCUT2D eigenvalue weighted by atomic mass is 16.1. The smallest absolute Gasteiger partial charge is 0.143 e. The first kappa shape index (κ1) is 8.44. The largest absolute Gasteiger partial charge is 0.299 e. The molecule has 0 spiro atoms. The SMILES string of the molecule is CCC1C(=O)CC(=O)CC1C. The van der Waals surface area contributed by atoms with Gasteiger partial charge in [0.05, 0.1) is 6.42 Å². The Morgan fingerprint density at radius 2 is 2.09 bits per heavy atom. The van der Waals surface area contributed by atoms with E-state index in [0.717, 1.165) is 6.42 Å². The Kier molecular flexibility index (Phi) is 2.42. The highest BCUT2D eigenvalue weighted by Gasteiger charge is 2.31. The molecule has 2 atom stereocenters. The fourth-order valence-corrected chi connectivity index (χ4v) is 1.85. The first-order valence-corrected chi connectivity index (χ1v) is 4.19. The minimum atomic E-state index is 0.118. The molecule has 0 aliphatic heterocycles. The predicted octanol–water partition coefficient (Wildman–Crippen LogP) is 1.58. The van der Waals surface area contributed by atoms with Crippen LogP contribution in [0.5, 0.6) is 0 Å². The molecular formula is C9H14O2. The van der Waals surface area contributed by atoms with Gasteiger partial charge in [-0.3, -0.25) is 9.59 Å². The van der Waals surface area contributed by atoms with Gasteiger partial charge >= 0.3 is 0 Å². The Morgan fingerprint density at radius 1 is 1.45 bits per heavy atom. The summed E-state index contributed by atoms with van der Waals surface area (Å²) in [5.74, 6) is 0.685. The summed E-state index contributed by atoms with van der Waals surface area (Å²) in [6, 6.07) is 0. The molecule has 2 unspecified atom stereocenters. The molecule has 1 aliphatic carbocycles. The molecule has 1 aliphatic rings. The average molecular weight is 154 g/mol. The molecule has 11 heavy (non-hydrogen) atoms. The van der Waals surface area contributed by atoms with Crippen molar-refractivity contribution in [2.75, 3.05) is 0 Å². The van der Waals surface area contributed by atoms with Crippen LogP contribution in [0.2, 0.25) is 0 Å². The molecule has 2 heteroatoms. The molecule has 0 heterocycles. The predicted molar refractivity (Wildman–Crippen MR) is 42.2 cm³/mol. The van der Waals surface area contributed by atoms with E-state index >= 15 is 0 Å². The van der Waals surface area contributed by atoms with Crippen LogP contribution in [0.4, 0.5) is 0 Å². The highest BCUT2D eigenvalue weighted by Crippen LogP contribution is 2.26. The Balaban J connectivity index is 2.66. The van der Waals surface area contributed by atoms with Crippen molar-refractivity contribution in [3.05, 3.63) is 0 Å². The van der Waals surface area contributed by atoms with E-state index in [4.69, 9.17) is 0 Å². The van der Waals surface area contributed by atoms with Gasteiger partial charge in [0.25, 0.3) is 0 Å². The van der Waals surface area contributed by atoms with E-state index in [1.54, 1.807) is 0 Å². The number of carbonyl (C=O) groups excluding carboxylic acids is 2. The number of hydrogen-bond acceptors (Lipinski definition) is 2. The molecule has 62 valence electrons. The maximum absolute atomic E-state index is 11.2. The highest BCUT2D eigenvalue weighted by molar-refractivity contribution is 6.02. The van der Waals surface area contributed by atoms with Gasteiger partial charge in [-0.15, -0.1) is 0 Å². The standard InChI is InChI=1S/C9H14O2/c1-3-8-6(2)4-7(10)5-9(8)11/h6,8H,3-5H2,1-2H3. The topological polar surface area (TPSA) is 34.1 Å². The van der Waals surface area contributed by atoms with Crippen LogP contribution >= 0.6 is 0 Å². The molecule has 0 amide bonds. The van der Waals surface area contributed by atoms with E-state index in [9.17, 15) is 9.59 Å². The molecule has 1 saturated carbocycles. The Bertz CT molecular complexity index is 184. The summed E-state index contributed by atoms with van der Waals surface area (Å²) in [5.41, 5.74) is 0. The lowest BCUT2D eigenvalue weighted by atomic mass is 9.77. The van der Waals surface area contributed by atoms with Crippen LogP contribution in [0.25, 0.3) is 0 Å². The summed E-state index contributed by atoms with van der Waals surface area (Å²) in [5, 5.41) is 0. The number of Topliss-reactive ketones (excluding diaryl/α,β-unsaturated/α-hetero) is 2. The molecular weight excluding hydrogens is 140 g/mol. The van der Waals surface area contributed by atoms with Gasteiger partial charge in [-0.2, -0.15) is 0 Å². The minimum Gasteiger partial charge on any atom is -0.299 e. The normalized spacial score (nSPS) is 32.5. The third-order valence-corrected chi connectivity index (χ3v) is 2.46. The van der Waals surface area contributed by atoms with E-state index in [1.807, 2.05) is 13.8 Å². The summed E-state index contributed by atoms with van der Waals surface area (Å²) in [6.07, 6.45) is 1.67. The van der Waals surface area contributed by atoms with E-state index < -0.39 is 0 Å². The van der Waals surface area contributed by atoms with Crippen LogP contribution < -0.4 is 0 Å². The molecule has 0 bridgehead atoms. The van der Waals surface area contributed by atoms with Gasteiger partial charge in [0.2, 0.25) is 0 Å². The van der Waals surface area contributed by atoms with Crippen molar-refractivity contribution < 1.29 is 9.59 Å². The number of carbonyl (C=O) groups is 2. The van der Waals surface area contributed by atoms with Crippen LogP contribution in [0.15, 0.2) is 0 Å². The number of hydrogen-bond donors (Lipinski definition) is 0. The van der Waals surface area contributed by atoms with Gasteiger partial charge in [0.15, 0.2) is 0 Å². The Labute approximate surface area is 67.0 Å². The summed E-state index contributed by atoms with van der Waals surface area (Å²) in [6.45, 7) is 4.00. The van der Waals surface area contributed by atoms with Gasteiger partial charge < -0.3 is 0 Å².